The maximum atomic E-state index is 12.3. The molecule has 10 nitrogen and oxygen atoms in total. The summed E-state index contributed by atoms with van der Waals surface area (Å²) < 4.78 is 21.8. The average Bonchev–Trinajstić information content (AvgIpc) is 4.06. The van der Waals surface area contributed by atoms with Gasteiger partial charge in [-0.1, -0.05) is 116 Å². The number of oxazole rings is 1. The fourth-order valence-corrected chi connectivity index (χ4v) is 7.50. The topological polar surface area (TPSA) is 135 Å². The van der Waals surface area contributed by atoms with Crippen molar-refractivity contribution in [2.24, 2.45) is 0 Å². The molecule has 0 spiro atoms. The van der Waals surface area contributed by atoms with Gasteiger partial charge >= 0.3 is 5.63 Å². The van der Waals surface area contributed by atoms with Crippen LogP contribution in [0.3, 0.4) is 0 Å². The zero-order valence-corrected chi connectivity index (χ0v) is 36.0. The maximum absolute atomic E-state index is 12.3. The molecule has 310 valence electrons. The molecule has 0 amide bonds. The smallest absolute Gasteiger partial charge is 0.363 e. The molecular weight excluding hydrogens is 771 g/mol. The molecule has 0 aliphatic carbocycles. The van der Waals surface area contributed by atoms with E-state index >= 15 is 0 Å². The van der Waals surface area contributed by atoms with Gasteiger partial charge in [-0.25, -0.2) is 19.7 Å². The normalized spacial score (nSPS) is 10.7. The van der Waals surface area contributed by atoms with E-state index in [1.807, 2.05) is 38.1 Å². The number of aryl methyl sites for hydroxylation is 2. The molecule has 12 heteroatoms. The highest BCUT2D eigenvalue weighted by atomic mass is 32.1. The van der Waals surface area contributed by atoms with Gasteiger partial charge in [-0.05, 0) is 67.1 Å². The number of hydrogen-bond acceptors (Lipinski definition) is 12. The van der Waals surface area contributed by atoms with Crippen LogP contribution in [0, 0.1) is 0 Å². The Morgan fingerprint density at radius 3 is 1.69 bits per heavy atom. The number of rotatable bonds is 23. The van der Waals surface area contributed by atoms with Gasteiger partial charge in [0, 0.05) is 5.38 Å². The Bertz CT molecular complexity index is 2100. The number of unbranched alkanes of at least 4 members (excludes halogenated alkanes) is 10. The Hall–Kier alpha value is -4.94. The standard InChI is InChI=1S/C22H26N2O3S.C22H25NO4S.C2H6/c1-2-3-4-5-6-7-8-17-9-11-18(12-10-17)27-15-20(25)22-24-19(16-28-22)21-23-13-14-26-21;1-2-3-4-5-6-7-8-16-9-11-17(12-10-16)27-15-18(24)21-23-20-19(28-21)13-14-26-22(20)25;1-2/h9-14,16H,2-8,15H2,1H3;9-14H,2-8,15H2,1H3;1-2H3. The van der Waals surface area contributed by atoms with Gasteiger partial charge in [-0.2, -0.15) is 0 Å². The van der Waals surface area contributed by atoms with Crippen LogP contribution < -0.4 is 15.1 Å². The summed E-state index contributed by atoms with van der Waals surface area (Å²) in [6.07, 6.45) is 22.0. The van der Waals surface area contributed by atoms with Crippen LogP contribution in [-0.2, 0) is 12.8 Å². The van der Waals surface area contributed by atoms with E-state index in [-0.39, 0.29) is 35.3 Å². The number of carbonyl (C=O) groups is 2. The fourth-order valence-electron chi connectivity index (χ4n) is 5.92. The first-order valence-electron chi connectivity index (χ1n) is 20.7. The Labute approximate surface area is 350 Å². The number of ether oxygens (including phenoxy) is 2. The van der Waals surface area contributed by atoms with E-state index in [1.165, 1.54) is 123 Å². The van der Waals surface area contributed by atoms with E-state index in [4.69, 9.17) is 18.3 Å². The zero-order chi connectivity index (χ0) is 41.4. The van der Waals surface area contributed by atoms with Crippen molar-refractivity contribution in [2.75, 3.05) is 13.2 Å². The van der Waals surface area contributed by atoms with E-state index in [2.05, 4.69) is 53.1 Å². The van der Waals surface area contributed by atoms with Crippen molar-refractivity contribution in [1.82, 2.24) is 15.0 Å². The van der Waals surface area contributed by atoms with Crippen LogP contribution in [0.1, 0.15) is 135 Å². The van der Waals surface area contributed by atoms with Crippen LogP contribution in [0.15, 0.2) is 92.3 Å². The second kappa shape index (κ2) is 26.1. The Morgan fingerprint density at radius 2 is 1.17 bits per heavy atom. The van der Waals surface area contributed by atoms with Crippen LogP contribution in [0.2, 0.25) is 0 Å². The molecule has 0 bridgehead atoms. The van der Waals surface area contributed by atoms with Gasteiger partial charge in [0.25, 0.3) is 0 Å². The first-order chi connectivity index (χ1) is 28.4. The molecule has 0 N–H and O–H groups in total. The van der Waals surface area contributed by atoms with Gasteiger partial charge in [-0.15, -0.1) is 22.7 Å². The number of hydrogen-bond donors (Lipinski definition) is 0. The number of ketones is 2. The largest absolute Gasteiger partial charge is 0.485 e. The van der Waals surface area contributed by atoms with E-state index < -0.39 is 5.63 Å². The Kier molecular flexibility index (Phi) is 20.6. The van der Waals surface area contributed by atoms with Gasteiger partial charge in [0.05, 0.1) is 17.2 Å². The lowest BCUT2D eigenvalue weighted by atomic mass is 10.0. The molecule has 4 aromatic heterocycles. The predicted molar refractivity (Wildman–Crippen MR) is 234 cm³/mol. The minimum atomic E-state index is -0.533. The van der Waals surface area contributed by atoms with Gasteiger partial charge in [0.15, 0.2) is 28.7 Å². The summed E-state index contributed by atoms with van der Waals surface area (Å²) in [4.78, 5) is 48.6. The fraction of sp³-hybridized carbons (Fsp3) is 0.435. The highest BCUT2D eigenvalue weighted by Crippen LogP contribution is 2.23. The summed E-state index contributed by atoms with van der Waals surface area (Å²) in [7, 11) is 0. The number of benzene rings is 2. The molecule has 6 rings (SSSR count). The number of fused-ring (bicyclic) bond motifs is 1. The molecule has 2 aromatic carbocycles. The van der Waals surface area contributed by atoms with Crippen molar-refractivity contribution in [3.63, 3.8) is 0 Å². The molecule has 0 saturated heterocycles. The molecule has 0 fully saturated rings. The second-order valence-corrected chi connectivity index (χ2v) is 15.5. The van der Waals surface area contributed by atoms with Crippen molar-refractivity contribution in [3.8, 4) is 23.1 Å². The molecule has 4 heterocycles. The molecule has 0 saturated carbocycles. The predicted octanol–water partition coefficient (Wildman–Crippen LogP) is 12.4. The Morgan fingerprint density at radius 1 is 0.638 bits per heavy atom. The summed E-state index contributed by atoms with van der Waals surface area (Å²) in [6.45, 7) is 8.33. The number of Topliss-reactive ketones (excluding diaryl/α,β-unsaturated/α-hetero) is 2. The molecule has 0 radical (unpaired) electrons. The second-order valence-electron chi connectivity index (χ2n) is 13.6. The van der Waals surface area contributed by atoms with E-state index in [0.717, 1.165) is 12.8 Å². The third-order valence-corrected chi connectivity index (χ3v) is 11.0. The number of thiazole rings is 2. The molecule has 0 unspecified atom stereocenters. The van der Waals surface area contributed by atoms with Crippen molar-refractivity contribution in [2.45, 2.75) is 118 Å². The minimum absolute atomic E-state index is 0.0324. The van der Waals surface area contributed by atoms with Crippen molar-refractivity contribution >= 4 is 44.5 Å². The maximum Gasteiger partial charge on any atom is 0.363 e. The quantitative estimate of drug-likeness (QED) is 0.0454. The van der Waals surface area contributed by atoms with Crippen LogP contribution in [-0.4, -0.2) is 39.7 Å². The van der Waals surface area contributed by atoms with Gasteiger partial charge in [-0.3, -0.25) is 9.59 Å². The average molecular weight is 828 g/mol. The first kappa shape index (κ1) is 45.8. The highest BCUT2D eigenvalue weighted by molar-refractivity contribution is 7.20. The monoisotopic (exact) mass is 827 g/mol. The van der Waals surface area contributed by atoms with E-state index in [1.54, 1.807) is 17.6 Å². The SMILES string of the molecule is CC.CCCCCCCCc1ccc(OCC(=O)c2nc(-c3ncco3)cs2)cc1.CCCCCCCCc1ccc(OCC(=O)c2nc3c(=O)occc3s2)cc1. The highest BCUT2D eigenvalue weighted by Gasteiger charge is 2.16. The van der Waals surface area contributed by atoms with E-state index in [9.17, 15) is 14.4 Å². The lowest BCUT2D eigenvalue weighted by Crippen LogP contribution is -2.11. The third-order valence-electron chi connectivity index (χ3n) is 9.10. The molecule has 0 aliphatic heterocycles. The summed E-state index contributed by atoms with van der Waals surface area (Å²) in [5.41, 5.74) is 2.82. The third kappa shape index (κ3) is 15.4. The van der Waals surface area contributed by atoms with Crippen LogP contribution in [0.25, 0.3) is 21.8 Å². The minimum Gasteiger partial charge on any atom is -0.485 e. The number of aromatic nitrogens is 3. The number of carbonyl (C=O) groups excluding carboxylic acids is 2. The van der Waals surface area contributed by atoms with Gasteiger partial charge in [0.1, 0.15) is 23.5 Å². The number of nitrogens with zero attached hydrogens (tertiary/aromatic N) is 3. The van der Waals surface area contributed by atoms with Crippen molar-refractivity contribution in [3.05, 3.63) is 110 Å². The summed E-state index contributed by atoms with van der Waals surface area (Å²) in [5, 5.41) is 2.41. The lowest BCUT2D eigenvalue weighted by Gasteiger charge is -2.06. The molecule has 0 aliphatic rings. The molecule has 6 aromatic rings. The summed E-state index contributed by atoms with van der Waals surface area (Å²) in [5.74, 6) is 1.36. The van der Waals surface area contributed by atoms with Gasteiger partial charge in [0.2, 0.25) is 17.5 Å². The first-order valence-corrected chi connectivity index (χ1v) is 22.4. The summed E-state index contributed by atoms with van der Waals surface area (Å²) in [6, 6.07) is 17.5. The molecule has 58 heavy (non-hydrogen) atoms. The van der Waals surface area contributed by atoms with E-state index in [0.29, 0.717) is 32.8 Å². The van der Waals surface area contributed by atoms with Crippen LogP contribution >= 0.6 is 22.7 Å². The van der Waals surface area contributed by atoms with Crippen molar-refractivity contribution in [1.29, 1.82) is 0 Å². The molecular formula is C46H57N3O7S2. The van der Waals surface area contributed by atoms with Crippen molar-refractivity contribution < 1.29 is 27.9 Å². The Balaban J connectivity index is 0.000000246. The van der Waals surface area contributed by atoms with Crippen LogP contribution in [0.5, 0.6) is 11.5 Å². The summed E-state index contributed by atoms with van der Waals surface area (Å²) >= 11 is 2.44. The van der Waals surface area contributed by atoms with Crippen LogP contribution in [0.4, 0.5) is 0 Å². The van der Waals surface area contributed by atoms with Gasteiger partial charge < -0.3 is 18.3 Å². The molecule has 0 atom stereocenters. The lowest BCUT2D eigenvalue weighted by molar-refractivity contribution is 0.0914. The zero-order valence-electron chi connectivity index (χ0n) is 34.3.